The lowest BCUT2D eigenvalue weighted by Gasteiger charge is -2.29. The van der Waals surface area contributed by atoms with Crippen molar-refractivity contribution in [2.75, 3.05) is 14.2 Å². The second-order valence-corrected chi connectivity index (χ2v) is 5.70. The quantitative estimate of drug-likeness (QED) is 0.858. The molecule has 3 nitrogen and oxygen atoms in total. The van der Waals surface area contributed by atoms with Gasteiger partial charge in [0.15, 0.2) is 0 Å². The third-order valence-corrected chi connectivity index (χ3v) is 4.44. The van der Waals surface area contributed by atoms with Crippen molar-refractivity contribution in [3.63, 3.8) is 0 Å². The van der Waals surface area contributed by atoms with E-state index in [4.69, 9.17) is 9.47 Å². The maximum atomic E-state index is 5.45. The number of nitrogens with one attached hydrogen (secondary N) is 1. The molecule has 1 fully saturated rings. The molecular formula is C17H27NO2. The van der Waals surface area contributed by atoms with E-state index in [2.05, 4.69) is 18.3 Å². The molecule has 2 atom stereocenters. The van der Waals surface area contributed by atoms with E-state index >= 15 is 0 Å². The lowest BCUT2D eigenvalue weighted by molar-refractivity contribution is 0.277. The zero-order valence-electron chi connectivity index (χ0n) is 12.9. The summed E-state index contributed by atoms with van der Waals surface area (Å²) in [6.45, 7) is 3.17. The highest BCUT2D eigenvalue weighted by Crippen LogP contribution is 2.28. The zero-order valence-corrected chi connectivity index (χ0v) is 12.9. The largest absolute Gasteiger partial charge is 0.497 e. The Kier molecular flexibility index (Phi) is 5.72. The highest BCUT2D eigenvalue weighted by Gasteiger charge is 2.20. The average Bonchev–Trinajstić information content (AvgIpc) is 2.52. The molecule has 0 aliphatic heterocycles. The predicted octanol–water partition coefficient (Wildman–Crippen LogP) is 3.76. The van der Waals surface area contributed by atoms with Crippen LogP contribution in [0, 0.1) is 5.92 Å². The van der Waals surface area contributed by atoms with Gasteiger partial charge in [-0.25, -0.2) is 0 Å². The summed E-state index contributed by atoms with van der Waals surface area (Å²) in [5.41, 5.74) is 1.20. The highest BCUT2D eigenvalue weighted by atomic mass is 16.5. The van der Waals surface area contributed by atoms with Gasteiger partial charge in [0.1, 0.15) is 11.5 Å². The zero-order chi connectivity index (χ0) is 14.4. The first-order chi connectivity index (χ1) is 9.76. The molecule has 2 unspecified atom stereocenters. The predicted molar refractivity (Wildman–Crippen MR) is 82.4 cm³/mol. The fourth-order valence-corrected chi connectivity index (χ4v) is 3.10. The number of rotatable bonds is 6. The Morgan fingerprint density at radius 2 is 2.05 bits per heavy atom. The van der Waals surface area contributed by atoms with Crippen molar-refractivity contribution in [1.29, 1.82) is 0 Å². The van der Waals surface area contributed by atoms with Gasteiger partial charge in [-0.05, 0) is 24.8 Å². The van der Waals surface area contributed by atoms with Gasteiger partial charge in [0.25, 0.3) is 0 Å². The molecule has 1 aliphatic carbocycles. The molecule has 1 aromatic carbocycles. The van der Waals surface area contributed by atoms with Gasteiger partial charge in [0, 0.05) is 24.2 Å². The summed E-state index contributed by atoms with van der Waals surface area (Å²) in [6, 6.07) is 6.69. The Morgan fingerprint density at radius 3 is 2.75 bits per heavy atom. The summed E-state index contributed by atoms with van der Waals surface area (Å²) in [4.78, 5) is 0. The highest BCUT2D eigenvalue weighted by molar-refractivity contribution is 5.40. The van der Waals surface area contributed by atoms with E-state index in [9.17, 15) is 0 Å². The van der Waals surface area contributed by atoms with E-state index in [1.54, 1.807) is 14.2 Å². The van der Waals surface area contributed by atoms with Crippen molar-refractivity contribution in [2.24, 2.45) is 5.92 Å². The molecule has 1 N–H and O–H groups in total. The molecule has 1 saturated carbocycles. The molecule has 1 aliphatic rings. The lowest BCUT2D eigenvalue weighted by atomic mass is 9.84. The molecule has 0 aromatic heterocycles. The van der Waals surface area contributed by atoms with Crippen LogP contribution in [0.15, 0.2) is 18.2 Å². The first kappa shape index (κ1) is 15.2. The molecule has 0 radical (unpaired) electrons. The van der Waals surface area contributed by atoms with Gasteiger partial charge in [-0.2, -0.15) is 0 Å². The van der Waals surface area contributed by atoms with E-state index in [0.717, 1.165) is 24.0 Å². The first-order valence-corrected chi connectivity index (χ1v) is 7.71. The molecular weight excluding hydrogens is 250 g/mol. The summed E-state index contributed by atoms with van der Waals surface area (Å²) in [7, 11) is 3.39. The summed E-state index contributed by atoms with van der Waals surface area (Å²) >= 11 is 0. The fraction of sp³-hybridized carbons (Fsp3) is 0.647. The fourth-order valence-electron chi connectivity index (χ4n) is 3.10. The van der Waals surface area contributed by atoms with Crippen molar-refractivity contribution in [2.45, 2.75) is 51.6 Å². The molecule has 1 aromatic rings. The third-order valence-electron chi connectivity index (χ3n) is 4.44. The smallest absolute Gasteiger partial charge is 0.127 e. The molecule has 0 bridgehead atoms. The van der Waals surface area contributed by atoms with Gasteiger partial charge >= 0.3 is 0 Å². The number of hydrogen-bond acceptors (Lipinski definition) is 3. The maximum Gasteiger partial charge on any atom is 0.127 e. The Hall–Kier alpha value is -1.22. The molecule has 0 saturated heterocycles. The molecule has 3 heteroatoms. The summed E-state index contributed by atoms with van der Waals surface area (Å²) < 4.78 is 10.7. The third kappa shape index (κ3) is 3.89. The van der Waals surface area contributed by atoms with Crippen LogP contribution in [0.5, 0.6) is 11.5 Å². The summed E-state index contributed by atoms with van der Waals surface area (Å²) in [6.07, 6.45) is 6.68. The Labute approximate surface area is 122 Å². The number of methoxy groups -OCH3 is 2. The lowest BCUT2D eigenvalue weighted by Crippen LogP contribution is -2.33. The number of benzene rings is 1. The molecule has 0 amide bonds. The van der Waals surface area contributed by atoms with Crippen LogP contribution in [0.1, 0.15) is 44.6 Å². The Morgan fingerprint density at radius 1 is 1.20 bits per heavy atom. The van der Waals surface area contributed by atoms with Crippen molar-refractivity contribution in [3.05, 3.63) is 23.8 Å². The van der Waals surface area contributed by atoms with E-state index in [1.165, 1.54) is 37.7 Å². The van der Waals surface area contributed by atoms with Crippen molar-refractivity contribution >= 4 is 0 Å². The van der Waals surface area contributed by atoms with E-state index in [1.807, 2.05) is 12.1 Å². The summed E-state index contributed by atoms with van der Waals surface area (Å²) in [5, 5.41) is 3.69. The molecule has 2 rings (SSSR count). The SMILES string of the molecule is CCC1CCCC(NCc2ccc(OC)cc2OC)C1. The minimum absolute atomic E-state index is 0.653. The van der Waals surface area contributed by atoms with Crippen LogP contribution in [0.4, 0.5) is 0 Å². The topological polar surface area (TPSA) is 30.5 Å². The first-order valence-electron chi connectivity index (χ1n) is 7.71. The monoisotopic (exact) mass is 277 g/mol. The van der Waals surface area contributed by atoms with Gasteiger partial charge in [-0.1, -0.05) is 32.3 Å². The average molecular weight is 277 g/mol. The second kappa shape index (κ2) is 7.53. The minimum atomic E-state index is 0.653. The van der Waals surface area contributed by atoms with Gasteiger partial charge in [-0.15, -0.1) is 0 Å². The van der Waals surface area contributed by atoms with E-state index in [0.29, 0.717) is 6.04 Å². The molecule has 112 valence electrons. The summed E-state index contributed by atoms with van der Waals surface area (Å²) in [5.74, 6) is 2.65. The van der Waals surface area contributed by atoms with Crippen LogP contribution in [0.3, 0.4) is 0 Å². The van der Waals surface area contributed by atoms with Crippen molar-refractivity contribution in [3.8, 4) is 11.5 Å². The minimum Gasteiger partial charge on any atom is -0.497 e. The molecule has 20 heavy (non-hydrogen) atoms. The Balaban J connectivity index is 1.93. The standard InChI is InChI=1S/C17H27NO2/c1-4-13-6-5-7-15(10-13)18-12-14-8-9-16(19-2)11-17(14)20-3/h8-9,11,13,15,18H,4-7,10,12H2,1-3H3. The van der Waals surface area contributed by atoms with Gasteiger partial charge in [-0.3, -0.25) is 0 Å². The van der Waals surface area contributed by atoms with Crippen LogP contribution in [0.25, 0.3) is 0 Å². The van der Waals surface area contributed by atoms with Crippen LogP contribution in [-0.2, 0) is 6.54 Å². The van der Waals surface area contributed by atoms with Crippen LogP contribution in [-0.4, -0.2) is 20.3 Å². The normalized spacial score (nSPS) is 22.6. The van der Waals surface area contributed by atoms with Crippen LogP contribution in [0.2, 0.25) is 0 Å². The van der Waals surface area contributed by atoms with Crippen molar-refractivity contribution < 1.29 is 9.47 Å². The number of ether oxygens (including phenoxy) is 2. The van der Waals surface area contributed by atoms with Gasteiger partial charge < -0.3 is 14.8 Å². The second-order valence-electron chi connectivity index (χ2n) is 5.70. The maximum absolute atomic E-state index is 5.45. The molecule has 0 heterocycles. The number of hydrogen-bond donors (Lipinski definition) is 1. The van der Waals surface area contributed by atoms with Crippen molar-refractivity contribution in [1.82, 2.24) is 5.32 Å². The van der Waals surface area contributed by atoms with Gasteiger partial charge in [0.2, 0.25) is 0 Å². The Bertz CT molecular complexity index is 419. The van der Waals surface area contributed by atoms with Gasteiger partial charge in [0.05, 0.1) is 14.2 Å². The van der Waals surface area contributed by atoms with Crippen LogP contribution < -0.4 is 14.8 Å². The van der Waals surface area contributed by atoms with E-state index in [-0.39, 0.29) is 0 Å². The van der Waals surface area contributed by atoms with Crippen LogP contribution >= 0.6 is 0 Å². The molecule has 0 spiro atoms. The van der Waals surface area contributed by atoms with E-state index < -0.39 is 0 Å².